The summed E-state index contributed by atoms with van der Waals surface area (Å²) >= 11 is 0. The first-order valence-electron chi connectivity index (χ1n) is 3.66. The van der Waals surface area contributed by atoms with E-state index < -0.39 is 0 Å². The van der Waals surface area contributed by atoms with E-state index >= 15 is 0 Å². The lowest BCUT2D eigenvalue weighted by atomic mass is 10.2. The maximum absolute atomic E-state index is 6.92. The maximum atomic E-state index is 6.92. The van der Waals surface area contributed by atoms with Crippen LogP contribution in [0.2, 0.25) is 0 Å². The molecule has 3 nitrogen and oxygen atoms in total. The molecular formula is C7H19Cl2N3. The van der Waals surface area contributed by atoms with Gasteiger partial charge in [-0.1, -0.05) is 13.8 Å². The number of nitrogens with one attached hydrogen (secondary N) is 2. The largest absolute Gasteiger partial charge is 0.388 e. The van der Waals surface area contributed by atoms with E-state index in [9.17, 15) is 0 Å². The van der Waals surface area contributed by atoms with Crippen LogP contribution in [0, 0.1) is 11.3 Å². The molecule has 0 rings (SSSR count). The molecule has 0 aliphatic rings. The molecule has 0 aromatic heterocycles. The first-order valence-corrected chi connectivity index (χ1v) is 3.66. The van der Waals surface area contributed by atoms with Crippen LogP contribution in [0.3, 0.4) is 0 Å². The molecule has 0 atom stereocenters. The lowest BCUT2D eigenvalue weighted by molar-refractivity contribution is 0.559. The van der Waals surface area contributed by atoms with E-state index in [0.29, 0.717) is 12.3 Å². The summed E-state index contributed by atoms with van der Waals surface area (Å²) in [5.41, 5.74) is 5.15. The van der Waals surface area contributed by atoms with Gasteiger partial charge in [-0.15, -0.1) is 24.8 Å². The van der Waals surface area contributed by atoms with Gasteiger partial charge in [0.15, 0.2) is 0 Å². The molecule has 0 heterocycles. The average Bonchev–Trinajstić information content (AvgIpc) is 1.79. The molecule has 4 N–H and O–H groups in total. The summed E-state index contributed by atoms with van der Waals surface area (Å²) in [5, 5.41) is 10.1. The third kappa shape index (κ3) is 16.5. The van der Waals surface area contributed by atoms with Crippen LogP contribution in [-0.4, -0.2) is 18.9 Å². The molecule has 0 aliphatic heterocycles. The predicted octanol–water partition coefficient (Wildman–Crippen LogP) is 1.40. The first-order chi connectivity index (χ1) is 4.63. The smallest absolute Gasteiger partial charge is 0.0918 e. The zero-order chi connectivity index (χ0) is 7.98. The van der Waals surface area contributed by atoms with Crippen LogP contribution in [0.1, 0.15) is 20.3 Å². The molecule has 0 spiro atoms. The van der Waals surface area contributed by atoms with Gasteiger partial charge in [-0.25, -0.2) is 0 Å². The zero-order valence-electron chi connectivity index (χ0n) is 7.59. The van der Waals surface area contributed by atoms with Crippen molar-refractivity contribution in [1.29, 1.82) is 5.41 Å². The Hall–Kier alpha value is 0.01000. The Morgan fingerprint density at radius 1 is 1.42 bits per heavy atom. The van der Waals surface area contributed by atoms with Gasteiger partial charge in [0.05, 0.1) is 5.84 Å². The molecule has 5 heteroatoms. The Morgan fingerprint density at radius 2 is 1.92 bits per heavy atom. The minimum absolute atomic E-state index is 0. The van der Waals surface area contributed by atoms with Gasteiger partial charge in [0.1, 0.15) is 0 Å². The predicted molar refractivity (Wildman–Crippen MR) is 58.7 cm³/mol. The molecule has 0 saturated carbocycles. The second-order valence-electron chi connectivity index (χ2n) is 2.87. The van der Waals surface area contributed by atoms with Crippen LogP contribution >= 0.6 is 24.8 Å². The molecule has 0 aromatic carbocycles. The molecule has 0 radical (unpaired) electrons. The number of rotatable bonds is 5. The standard InChI is InChI=1S/C7H17N3.2ClH/c1-6(2)5-10-4-3-7(8)9;;/h6,10H,3-5H2,1-2H3,(H3,8,9);2*1H. The minimum atomic E-state index is 0. The van der Waals surface area contributed by atoms with Crippen molar-refractivity contribution in [3.8, 4) is 0 Å². The van der Waals surface area contributed by atoms with Crippen molar-refractivity contribution in [1.82, 2.24) is 5.32 Å². The highest BCUT2D eigenvalue weighted by Gasteiger charge is 1.92. The molecule has 76 valence electrons. The van der Waals surface area contributed by atoms with Crippen LogP contribution in [0.15, 0.2) is 0 Å². The van der Waals surface area contributed by atoms with Gasteiger partial charge < -0.3 is 11.1 Å². The van der Waals surface area contributed by atoms with Crippen molar-refractivity contribution in [3.63, 3.8) is 0 Å². The fraction of sp³-hybridized carbons (Fsp3) is 0.857. The van der Waals surface area contributed by atoms with Gasteiger partial charge in [0, 0.05) is 13.0 Å². The Bertz CT molecular complexity index is 107. The Labute approximate surface area is 86.8 Å². The van der Waals surface area contributed by atoms with Crippen molar-refractivity contribution in [3.05, 3.63) is 0 Å². The fourth-order valence-electron chi connectivity index (χ4n) is 0.614. The molecule has 0 unspecified atom stereocenters. The summed E-state index contributed by atoms with van der Waals surface area (Å²) in [7, 11) is 0. The molecule has 0 bridgehead atoms. The van der Waals surface area contributed by atoms with Crippen LogP contribution in [0.25, 0.3) is 0 Å². The highest BCUT2D eigenvalue weighted by atomic mass is 35.5. The van der Waals surface area contributed by atoms with E-state index in [1.165, 1.54) is 0 Å². The second kappa shape index (κ2) is 11.0. The van der Waals surface area contributed by atoms with Crippen LogP contribution < -0.4 is 11.1 Å². The molecule has 0 saturated heterocycles. The lowest BCUT2D eigenvalue weighted by Crippen LogP contribution is -2.24. The highest BCUT2D eigenvalue weighted by Crippen LogP contribution is 1.86. The Kier molecular flexibility index (Phi) is 16.5. The minimum Gasteiger partial charge on any atom is -0.388 e. The fourth-order valence-corrected chi connectivity index (χ4v) is 0.614. The summed E-state index contributed by atoms with van der Waals surface area (Å²) in [6.07, 6.45) is 0.659. The third-order valence-electron chi connectivity index (χ3n) is 1.12. The second-order valence-corrected chi connectivity index (χ2v) is 2.87. The number of amidine groups is 1. The molecular weight excluding hydrogens is 197 g/mol. The van der Waals surface area contributed by atoms with Gasteiger partial charge in [-0.2, -0.15) is 0 Å². The van der Waals surface area contributed by atoms with Gasteiger partial charge in [0.2, 0.25) is 0 Å². The van der Waals surface area contributed by atoms with Crippen LogP contribution in [0.4, 0.5) is 0 Å². The van der Waals surface area contributed by atoms with Gasteiger partial charge in [-0.3, -0.25) is 5.41 Å². The number of hydrogen-bond donors (Lipinski definition) is 3. The van der Waals surface area contributed by atoms with E-state index in [-0.39, 0.29) is 30.6 Å². The third-order valence-corrected chi connectivity index (χ3v) is 1.12. The summed E-state index contributed by atoms with van der Waals surface area (Å²) < 4.78 is 0. The number of halogens is 2. The highest BCUT2D eigenvalue weighted by molar-refractivity contribution is 5.85. The molecule has 0 fully saturated rings. The Balaban J connectivity index is -0.000000405. The number of nitrogens with two attached hydrogens (primary N) is 1. The van der Waals surface area contributed by atoms with Crippen molar-refractivity contribution in [2.75, 3.05) is 13.1 Å². The monoisotopic (exact) mass is 215 g/mol. The molecule has 0 amide bonds. The summed E-state index contributed by atoms with van der Waals surface area (Å²) in [6.45, 7) is 6.14. The average molecular weight is 216 g/mol. The van der Waals surface area contributed by atoms with Gasteiger partial charge in [-0.05, 0) is 12.5 Å². The molecule has 0 aromatic rings. The van der Waals surface area contributed by atoms with Crippen LogP contribution in [-0.2, 0) is 0 Å². The molecule has 0 aliphatic carbocycles. The van der Waals surface area contributed by atoms with Crippen LogP contribution in [0.5, 0.6) is 0 Å². The first kappa shape index (κ1) is 17.9. The summed E-state index contributed by atoms with van der Waals surface area (Å²) in [5.74, 6) is 0.934. The Morgan fingerprint density at radius 3 is 2.25 bits per heavy atom. The van der Waals surface area contributed by atoms with Crippen molar-refractivity contribution in [2.45, 2.75) is 20.3 Å². The van der Waals surface area contributed by atoms with Crippen molar-refractivity contribution < 1.29 is 0 Å². The lowest BCUT2D eigenvalue weighted by Gasteiger charge is -2.05. The summed E-state index contributed by atoms with van der Waals surface area (Å²) in [6, 6.07) is 0. The number of hydrogen-bond acceptors (Lipinski definition) is 2. The van der Waals surface area contributed by atoms with E-state index in [0.717, 1.165) is 13.1 Å². The normalized spacial score (nSPS) is 8.58. The maximum Gasteiger partial charge on any atom is 0.0918 e. The summed E-state index contributed by atoms with van der Waals surface area (Å²) in [4.78, 5) is 0. The van der Waals surface area contributed by atoms with E-state index in [2.05, 4.69) is 19.2 Å². The van der Waals surface area contributed by atoms with Gasteiger partial charge >= 0.3 is 0 Å². The molecule has 12 heavy (non-hydrogen) atoms. The quantitative estimate of drug-likeness (QED) is 0.369. The topological polar surface area (TPSA) is 61.9 Å². The van der Waals surface area contributed by atoms with E-state index in [4.69, 9.17) is 11.1 Å². The van der Waals surface area contributed by atoms with Crippen molar-refractivity contribution in [2.24, 2.45) is 11.7 Å². The van der Waals surface area contributed by atoms with Crippen molar-refractivity contribution >= 4 is 30.6 Å². The van der Waals surface area contributed by atoms with E-state index in [1.807, 2.05) is 0 Å². The SMILES string of the molecule is CC(C)CNCCC(=N)N.Cl.Cl. The zero-order valence-corrected chi connectivity index (χ0v) is 9.23. The van der Waals surface area contributed by atoms with E-state index in [1.54, 1.807) is 0 Å². The van der Waals surface area contributed by atoms with Gasteiger partial charge in [0.25, 0.3) is 0 Å².